The minimum atomic E-state index is -1.19. The predicted molar refractivity (Wildman–Crippen MR) is 43.7 cm³/mol. The molecule has 4 heteroatoms. The molecule has 0 radical (unpaired) electrons. The van der Waals surface area contributed by atoms with Crippen molar-refractivity contribution < 1.29 is 19.4 Å². The van der Waals surface area contributed by atoms with Crippen LogP contribution in [0, 0.1) is 0 Å². The summed E-state index contributed by atoms with van der Waals surface area (Å²) in [6.45, 7) is 5.50. The molecule has 0 rings (SSSR count). The van der Waals surface area contributed by atoms with Crippen LogP contribution in [0.4, 0.5) is 0 Å². The van der Waals surface area contributed by atoms with Gasteiger partial charge in [0.1, 0.15) is 0 Å². The van der Waals surface area contributed by atoms with E-state index in [1.54, 1.807) is 0 Å². The van der Waals surface area contributed by atoms with E-state index in [1.165, 1.54) is 7.11 Å². The van der Waals surface area contributed by atoms with Crippen LogP contribution in [0.2, 0.25) is 0 Å². The van der Waals surface area contributed by atoms with Gasteiger partial charge < -0.3 is 14.6 Å². The van der Waals surface area contributed by atoms with E-state index in [-0.39, 0.29) is 12.2 Å². The molecule has 0 saturated heterocycles. The zero-order valence-corrected chi connectivity index (χ0v) is 7.96. The van der Waals surface area contributed by atoms with Gasteiger partial charge >= 0.3 is 5.97 Å². The summed E-state index contributed by atoms with van der Waals surface area (Å²) >= 11 is 0. The van der Waals surface area contributed by atoms with Gasteiger partial charge in [-0.05, 0) is 20.8 Å². The van der Waals surface area contributed by atoms with E-state index in [1.807, 2.05) is 20.8 Å². The van der Waals surface area contributed by atoms with Crippen molar-refractivity contribution in [3.8, 4) is 0 Å². The molecule has 12 heavy (non-hydrogen) atoms. The molecule has 0 aliphatic heterocycles. The van der Waals surface area contributed by atoms with Crippen LogP contribution in [-0.2, 0) is 14.3 Å². The number of hydrogen-bond donors (Lipinski definition) is 1. The number of ether oxygens (including phenoxy) is 2. The van der Waals surface area contributed by atoms with Gasteiger partial charge in [-0.25, -0.2) is 4.79 Å². The van der Waals surface area contributed by atoms with Crippen LogP contribution < -0.4 is 0 Å². The maximum Gasteiger partial charge on any atom is 0.337 e. The summed E-state index contributed by atoms with van der Waals surface area (Å²) in [6.07, 6.45) is -1.19. The van der Waals surface area contributed by atoms with Gasteiger partial charge in [-0.15, -0.1) is 0 Å². The average Bonchev–Trinajstić information content (AvgIpc) is 1.97. The third kappa shape index (κ3) is 5.09. The van der Waals surface area contributed by atoms with Crippen LogP contribution in [0.1, 0.15) is 20.8 Å². The first kappa shape index (κ1) is 11.4. The molecular formula is C8H16O4. The highest BCUT2D eigenvalue weighted by atomic mass is 16.6. The smallest absolute Gasteiger partial charge is 0.337 e. The SMILES string of the molecule is COC(=O)C(O)COC(C)(C)C. The zero-order valence-electron chi connectivity index (χ0n) is 7.96. The van der Waals surface area contributed by atoms with Gasteiger partial charge in [0.25, 0.3) is 0 Å². The molecule has 1 atom stereocenters. The fourth-order valence-corrected chi connectivity index (χ4v) is 0.533. The number of carbonyl (C=O) groups is 1. The van der Waals surface area contributed by atoms with Crippen LogP contribution in [0.15, 0.2) is 0 Å². The number of esters is 1. The molecule has 72 valence electrons. The Labute approximate surface area is 72.5 Å². The largest absolute Gasteiger partial charge is 0.467 e. The van der Waals surface area contributed by atoms with Crippen molar-refractivity contribution in [1.82, 2.24) is 0 Å². The highest BCUT2D eigenvalue weighted by Crippen LogP contribution is 2.07. The van der Waals surface area contributed by atoms with E-state index in [0.717, 1.165) is 0 Å². The predicted octanol–water partition coefficient (Wildman–Crippen LogP) is 0.335. The molecule has 0 aromatic heterocycles. The second kappa shape index (κ2) is 4.42. The van der Waals surface area contributed by atoms with Crippen molar-refractivity contribution in [2.24, 2.45) is 0 Å². The van der Waals surface area contributed by atoms with E-state index in [4.69, 9.17) is 9.84 Å². The van der Waals surface area contributed by atoms with Crippen LogP contribution in [0.5, 0.6) is 0 Å². The molecule has 0 saturated carbocycles. The number of aliphatic hydroxyl groups excluding tert-OH is 1. The molecule has 1 unspecified atom stereocenters. The molecule has 4 nitrogen and oxygen atoms in total. The summed E-state index contributed by atoms with van der Waals surface area (Å²) in [4.78, 5) is 10.7. The number of carbonyl (C=O) groups excluding carboxylic acids is 1. The van der Waals surface area contributed by atoms with Crippen LogP contribution in [0.3, 0.4) is 0 Å². The van der Waals surface area contributed by atoms with Crippen molar-refractivity contribution in [3.63, 3.8) is 0 Å². The van der Waals surface area contributed by atoms with Gasteiger partial charge in [0.2, 0.25) is 0 Å². The van der Waals surface area contributed by atoms with E-state index in [9.17, 15) is 4.79 Å². The summed E-state index contributed by atoms with van der Waals surface area (Å²) in [5.41, 5.74) is -0.352. The number of aliphatic hydroxyl groups is 1. The Morgan fingerprint density at radius 1 is 1.50 bits per heavy atom. The Morgan fingerprint density at radius 3 is 2.33 bits per heavy atom. The van der Waals surface area contributed by atoms with Crippen LogP contribution >= 0.6 is 0 Å². The average molecular weight is 176 g/mol. The Morgan fingerprint density at radius 2 is 2.00 bits per heavy atom. The Kier molecular flexibility index (Phi) is 4.20. The second-order valence-electron chi connectivity index (χ2n) is 3.46. The molecule has 1 N–H and O–H groups in total. The third-order valence-corrected chi connectivity index (χ3v) is 1.15. The molecule has 0 aromatic rings. The molecule has 0 bridgehead atoms. The Bertz CT molecular complexity index is 148. The highest BCUT2D eigenvalue weighted by molar-refractivity contribution is 5.74. The fraction of sp³-hybridized carbons (Fsp3) is 0.875. The lowest BCUT2D eigenvalue weighted by Gasteiger charge is -2.20. The summed E-state index contributed by atoms with van der Waals surface area (Å²) in [5.74, 6) is -0.667. The molecule has 0 aliphatic carbocycles. The van der Waals surface area contributed by atoms with Crippen molar-refractivity contribution in [2.45, 2.75) is 32.5 Å². The quantitative estimate of drug-likeness (QED) is 0.630. The monoisotopic (exact) mass is 176 g/mol. The molecule has 0 fully saturated rings. The second-order valence-corrected chi connectivity index (χ2v) is 3.46. The van der Waals surface area contributed by atoms with Crippen molar-refractivity contribution in [1.29, 1.82) is 0 Å². The minimum absolute atomic E-state index is 0.0316. The molecule has 0 spiro atoms. The topological polar surface area (TPSA) is 55.8 Å². The van der Waals surface area contributed by atoms with Gasteiger partial charge in [0.05, 0.1) is 19.3 Å². The van der Waals surface area contributed by atoms with Gasteiger partial charge in [0, 0.05) is 0 Å². The molecule has 0 amide bonds. The van der Waals surface area contributed by atoms with Crippen molar-refractivity contribution >= 4 is 5.97 Å². The van der Waals surface area contributed by atoms with Gasteiger partial charge in [-0.2, -0.15) is 0 Å². The fourth-order valence-electron chi connectivity index (χ4n) is 0.533. The zero-order chi connectivity index (χ0) is 9.78. The van der Waals surface area contributed by atoms with Gasteiger partial charge in [0.15, 0.2) is 6.10 Å². The lowest BCUT2D eigenvalue weighted by atomic mass is 10.2. The standard InChI is InChI=1S/C8H16O4/c1-8(2,3)12-5-6(9)7(10)11-4/h6,9H,5H2,1-4H3. The molecule has 0 aliphatic rings. The lowest BCUT2D eigenvalue weighted by Crippen LogP contribution is -2.32. The third-order valence-electron chi connectivity index (χ3n) is 1.15. The summed E-state index contributed by atoms with van der Waals surface area (Å²) in [5, 5.41) is 9.08. The van der Waals surface area contributed by atoms with Gasteiger partial charge in [-0.1, -0.05) is 0 Å². The molecular weight excluding hydrogens is 160 g/mol. The summed E-state index contributed by atoms with van der Waals surface area (Å²) in [7, 11) is 1.22. The molecule has 0 aromatic carbocycles. The number of rotatable bonds is 3. The van der Waals surface area contributed by atoms with E-state index in [0.29, 0.717) is 0 Å². The lowest BCUT2D eigenvalue weighted by molar-refractivity contribution is -0.156. The Balaban J connectivity index is 3.72. The van der Waals surface area contributed by atoms with Crippen LogP contribution in [0.25, 0.3) is 0 Å². The molecule has 0 heterocycles. The maximum atomic E-state index is 10.7. The van der Waals surface area contributed by atoms with Crippen LogP contribution in [-0.4, -0.2) is 36.5 Å². The first-order valence-corrected chi connectivity index (χ1v) is 3.76. The van der Waals surface area contributed by atoms with E-state index in [2.05, 4.69) is 4.74 Å². The summed E-state index contributed by atoms with van der Waals surface area (Å²) in [6, 6.07) is 0. The highest BCUT2D eigenvalue weighted by Gasteiger charge is 2.19. The minimum Gasteiger partial charge on any atom is -0.467 e. The van der Waals surface area contributed by atoms with Gasteiger partial charge in [-0.3, -0.25) is 0 Å². The number of hydrogen-bond acceptors (Lipinski definition) is 4. The van der Waals surface area contributed by atoms with Crippen molar-refractivity contribution in [3.05, 3.63) is 0 Å². The normalized spacial score (nSPS) is 14.1. The van der Waals surface area contributed by atoms with E-state index < -0.39 is 12.1 Å². The first-order chi connectivity index (χ1) is 5.37. The first-order valence-electron chi connectivity index (χ1n) is 3.76. The Hall–Kier alpha value is -0.610. The summed E-state index contributed by atoms with van der Waals surface area (Å²) < 4.78 is 9.47. The maximum absolute atomic E-state index is 10.7. The van der Waals surface area contributed by atoms with E-state index >= 15 is 0 Å². The van der Waals surface area contributed by atoms with Crippen molar-refractivity contribution in [2.75, 3.05) is 13.7 Å². The number of methoxy groups -OCH3 is 1.